The molecule has 0 unspecified atom stereocenters. The highest BCUT2D eigenvalue weighted by molar-refractivity contribution is 5.97. The van der Waals surface area contributed by atoms with Gasteiger partial charge >= 0.3 is 5.97 Å². The molecule has 2 aromatic rings. The Hall–Kier alpha value is -3.55. The fourth-order valence-corrected chi connectivity index (χ4v) is 2.60. The van der Waals surface area contributed by atoms with Crippen molar-refractivity contribution in [1.82, 2.24) is 5.32 Å². The Kier molecular flexibility index (Phi) is 7.59. The molecular weight excluding hydrogens is 376 g/mol. The summed E-state index contributed by atoms with van der Waals surface area (Å²) < 4.78 is 15.2. The molecule has 0 aliphatic carbocycles. The quantitative estimate of drug-likeness (QED) is 0.659. The van der Waals surface area contributed by atoms with Gasteiger partial charge in [-0.1, -0.05) is 18.2 Å². The smallest absolute Gasteiger partial charge is 0.342 e. The summed E-state index contributed by atoms with van der Waals surface area (Å²) in [5.74, 6) is -0.908. The van der Waals surface area contributed by atoms with Crippen molar-refractivity contribution in [3.63, 3.8) is 0 Å². The Balaban J connectivity index is 1.84. The molecular formula is C21H24N2O6. The van der Waals surface area contributed by atoms with E-state index in [1.54, 1.807) is 6.07 Å². The van der Waals surface area contributed by atoms with Crippen LogP contribution < -0.4 is 20.1 Å². The first-order chi connectivity index (χ1) is 13.8. The largest absolute Gasteiger partial charge is 0.497 e. The van der Waals surface area contributed by atoms with Crippen molar-refractivity contribution in [2.45, 2.75) is 13.8 Å². The summed E-state index contributed by atoms with van der Waals surface area (Å²) >= 11 is 0. The molecule has 0 atom stereocenters. The van der Waals surface area contributed by atoms with Crippen molar-refractivity contribution in [2.24, 2.45) is 0 Å². The second-order valence-corrected chi connectivity index (χ2v) is 6.23. The van der Waals surface area contributed by atoms with Gasteiger partial charge in [0, 0.05) is 11.8 Å². The average molecular weight is 400 g/mol. The molecule has 29 heavy (non-hydrogen) atoms. The Morgan fingerprint density at radius 3 is 2.24 bits per heavy atom. The van der Waals surface area contributed by atoms with Crippen LogP contribution in [0.3, 0.4) is 0 Å². The van der Waals surface area contributed by atoms with E-state index in [2.05, 4.69) is 10.6 Å². The van der Waals surface area contributed by atoms with Gasteiger partial charge in [0.2, 0.25) is 5.91 Å². The van der Waals surface area contributed by atoms with Crippen LogP contribution in [0.4, 0.5) is 5.69 Å². The van der Waals surface area contributed by atoms with E-state index in [-0.39, 0.29) is 23.8 Å². The first-order valence-corrected chi connectivity index (χ1v) is 8.87. The lowest BCUT2D eigenvalue weighted by Crippen LogP contribution is -2.35. The van der Waals surface area contributed by atoms with E-state index in [1.807, 2.05) is 32.0 Å². The molecule has 8 heteroatoms. The van der Waals surface area contributed by atoms with Gasteiger partial charge in [-0.15, -0.1) is 0 Å². The minimum absolute atomic E-state index is 0.161. The van der Waals surface area contributed by atoms with Gasteiger partial charge in [0.1, 0.15) is 17.1 Å². The lowest BCUT2D eigenvalue weighted by atomic mass is 10.1. The van der Waals surface area contributed by atoms with Crippen LogP contribution in [0.25, 0.3) is 0 Å². The summed E-state index contributed by atoms with van der Waals surface area (Å²) in [6, 6.07) is 10.3. The highest BCUT2D eigenvalue weighted by Gasteiger charge is 2.16. The van der Waals surface area contributed by atoms with Crippen molar-refractivity contribution in [3.8, 4) is 11.5 Å². The lowest BCUT2D eigenvalue weighted by molar-refractivity contribution is -0.126. The average Bonchev–Trinajstić information content (AvgIpc) is 2.72. The standard InChI is InChI=1S/C21H24N2O6/c1-13-6-5-7-14(2)20(13)23-18(24)11-22-19(25)12-29-21(26)16-9-8-15(27-3)10-17(16)28-4/h5-10H,11-12H2,1-4H3,(H,22,25)(H,23,24). The summed E-state index contributed by atoms with van der Waals surface area (Å²) in [7, 11) is 2.90. The highest BCUT2D eigenvalue weighted by Crippen LogP contribution is 2.25. The first-order valence-electron chi connectivity index (χ1n) is 8.87. The Labute approximate surface area is 169 Å². The van der Waals surface area contributed by atoms with Crippen LogP contribution >= 0.6 is 0 Å². The molecule has 0 spiro atoms. The van der Waals surface area contributed by atoms with Gasteiger partial charge in [0.25, 0.3) is 5.91 Å². The van der Waals surface area contributed by atoms with E-state index in [1.165, 1.54) is 26.4 Å². The Morgan fingerprint density at radius 2 is 1.62 bits per heavy atom. The molecule has 0 saturated heterocycles. The first kappa shape index (κ1) is 21.7. The topological polar surface area (TPSA) is 103 Å². The SMILES string of the molecule is COc1ccc(C(=O)OCC(=O)NCC(=O)Nc2c(C)cccc2C)c(OC)c1. The highest BCUT2D eigenvalue weighted by atomic mass is 16.5. The normalized spacial score (nSPS) is 10.1. The van der Waals surface area contributed by atoms with Gasteiger partial charge < -0.3 is 24.8 Å². The number of para-hydroxylation sites is 1. The number of hydrogen-bond acceptors (Lipinski definition) is 6. The number of carbonyl (C=O) groups is 3. The molecule has 0 fully saturated rings. The number of methoxy groups -OCH3 is 2. The Bertz CT molecular complexity index is 890. The van der Waals surface area contributed by atoms with Crippen LogP contribution in [-0.4, -0.2) is 45.2 Å². The number of anilines is 1. The number of carbonyl (C=O) groups excluding carboxylic acids is 3. The van der Waals surface area contributed by atoms with Crippen LogP contribution in [-0.2, 0) is 14.3 Å². The second kappa shape index (κ2) is 10.1. The van der Waals surface area contributed by atoms with E-state index < -0.39 is 18.5 Å². The van der Waals surface area contributed by atoms with E-state index >= 15 is 0 Å². The van der Waals surface area contributed by atoms with E-state index in [9.17, 15) is 14.4 Å². The number of ether oxygens (including phenoxy) is 3. The maximum absolute atomic E-state index is 12.2. The molecule has 2 rings (SSSR count). The zero-order chi connectivity index (χ0) is 21.4. The summed E-state index contributed by atoms with van der Waals surface area (Å²) in [6.07, 6.45) is 0. The minimum atomic E-state index is -0.723. The number of hydrogen-bond donors (Lipinski definition) is 2. The third-order valence-electron chi connectivity index (χ3n) is 4.15. The predicted molar refractivity (Wildman–Crippen MR) is 107 cm³/mol. The number of esters is 1. The van der Waals surface area contributed by atoms with Crippen molar-refractivity contribution in [1.29, 1.82) is 0 Å². The maximum atomic E-state index is 12.2. The predicted octanol–water partition coefficient (Wildman–Crippen LogP) is 2.23. The molecule has 2 aromatic carbocycles. The molecule has 0 aliphatic heterocycles. The molecule has 0 bridgehead atoms. The summed E-state index contributed by atoms with van der Waals surface area (Å²) in [6.45, 7) is 3.00. The number of aryl methyl sites for hydroxylation is 2. The van der Waals surface area contributed by atoms with Crippen molar-refractivity contribution in [2.75, 3.05) is 32.7 Å². The second-order valence-electron chi connectivity index (χ2n) is 6.23. The molecule has 0 heterocycles. The van der Waals surface area contributed by atoms with Crippen LogP contribution in [0.5, 0.6) is 11.5 Å². The van der Waals surface area contributed by atoms with Gasteiger partial charge in [-0.05, 0) is 37.1 Å². The minimum Gasteiger partial charge on any atom is -0.497 e. The number of rotatable bonds is 8. The molecule has 2 amide bonds. The fourth-order valence-electron chi connectivity index (χ4n) is 2.60. The summed E-state index contributed by atoms with van der Waals surface area (Å²) in [4.78, 5) is 36.1. The Morgan fingerprint density at radius 1 is 0.931 bits per heavy atom. The van der Waals surface area contributed by atoms with Crippen LogP contribution in [0.1, 0.15) is 21.5 Å². The molecule has 0 aliphatic rings. The van der Waals surface area contributed by atoms with E-state index in [4.69, 9.17) is 14.2 Å². The molecule has 0 aromatic heterocycles. The van der Waals surface area contributed by atoms with Crippen molar-refractivity contribution >= 4 is 23.5 Å². The van der Waals surface area contributed by atoms with Crippen LogP contribution in [0.2, 0.25) is 0 Å². The van der Waals surface area contributed by atoms with Gasteiger partial charge in [-0.25, -0.2) is 4.79 Å². The van der Waals surface area contributed by atoms with E-state index in [0.29, 0.717) is 11.4 Å². The van der Waals surface area contributed by atoms with Gasteiger partial charge in [-0.3, -0.25) is 9.59 Å². The fraction of sp³-hybridized carbons (Fsp3) is 0.286. The molecule has 8 nitrogen and oxygen atoms in total. The molecule has 0 radical (unpaired) electrons. The molecule has 154 valence electrons. The van der Waals surface area contributed by atoms with Gasteiger partial charge in [-0.2, -0.15) is 0 Å². The van der Waals surface area contributed by atoms with E-state index in [0.717, 1.165) is 11.1 Å². The summed E-state index contributed by atoms with van der Waals surface area (Å²) in [5.41, 5.74) is 2.72. The third kappa shape index (κ3) is 5.97. The monoisotopic (exact) mass is 400 g/mol. The zero-order valence-electron chi connectivity index (χ0n) is 16.8. The van der Waals surface area contributed by atoms with Crippen LogP contribution in [0, 0.1) is 13.8 Å². The van der Waals surface area contributed by atoms with Gasteiger partial charge in [0.05, 0.1) is 20.8 Å². The van der Waals surface area contributed by atoms with Gasteiger partial charge in [0.15, 0.2) is 6.61 Å². The lowest BCUT2D eigenvalue weighted by Gasteiger charge is -2.12. The van der Waals surface area contributed by atoms with Crippen molar-refractivity contribution < 1.29 is 28.6 Å². The molecule has 2 N–H and O–H groups in total. The molecule has 0 saturated carbocycles. The van der Waals surface area contributed by atoms with Crippen molar-refractivity contribution in [3.05, 3.63) is 53.1 Å². The zero-order valence-corrected chi connectivity index (χ0v) is 16.8. The number of nitrogens with one attached hydrogen (secondary N) is 2. The number of benzene rings is 2. The maximum Gasteiger partial charge on any atom is 0.342 e. The van der Waals surface area contributed by atoms with Crippen LogP contribution in [0.15, 0.2) is 36.4 Å². The third-order valence-corrected chi connectivity index (χ3v) is 4.15. The number of amides is 2. The summed E-state index contributed by atoms with van der Waals surface area (Å²) in [5, 5.41) is 5.18.